The van der Waals surface area contributed by atoms with Crippen LogP contribution in [0.5, 0.6) is 0 Å². The summed E-state index contributed by atoms with van der Waals surface area (Å²) in [6, 6.07) is 11.2. The lowest BCUT2D eigenvalue weighted by Crippen LogP contribution is -2.42. The molecule has 0 unspecified atom stereocenters. The maximum absolute atomic E-state index is 12.5. The summed E-state index contributed by atoms with van der Waals surface area (Å²) in [7, 11) is 0. The highest BCUT2D eigenvalue weighted by molar-refractivity contribution is 5.96. The maximum Gasteiger partial charge on any atom is 0.257 e. The van der Waals surface area contributed by atoms with Crippen LogP contribution in [0, 0.1) is 0 Å². The summed E-state index contributed by atoms with van der Waals surface area (Å²) in [5, 5.41) is 2.80. The molecular formula is C17H20N2O3. The number of rotatable bonds is 6. The summed E-state index contributed by atoms with van der Waals surface area (Å²) >= 11 is 0. The van der Waals surface area contributed by atoms with Gasteiger partial charge in [0, 0.05) is 12.6 Å². The molecule has 0 bridgehead atoms. The third-order valence-electron chi connectivity index (χ3n) is 3.06. The molecule has 1 N–H and O–H groups in total. The van der Waals surface area contributed by atoms with Crippen LogP contribution in [-0.4, -0.2) is 29.3 Å². The molecule has 0 aliphatic carbocycles. The number of furan rings is 1. The summed E-state index contributed by atoms with van der Waals surface area (Å²) in [4.78, 5) is 26.0. The van der Waals surface area contributed by atoms with Crippen molar-refractivity contribution < 1.29 is 14.0 Å². The smallest absolute Gasteiger partial charge is 0.257 e. The Morgan fingerprint density at radius 1 is 1.18 bits per heavy atom. The zero-order valence-corrected chi connectivity index (χ0v) is 12.8. The van der Waals surface area contributed by atoms with Crippen LogP contribution in [0.1, 0.15) is 29.8 Å². The van der Waals surface area contributed by atoms with Crippen LogP contribution in [0.25, 0.3) is 0 Å². The number of carbonyl (C=O) groups is 2. The molecule has 1 aromatic carbocycles. The average Bonchev–Trinajstić information content (AvgIpc) is 3.00. The van der Waals surface area contributed by atoms with E-state index in [-0.39, 0.29) is 24.4 Å². The van der Waals surface area contributed by atoms with E-state index < -0.39 is 0 Å². The van der Waals surface area contributed by atoms with E-state index in [4.69, 9.17) is 4.42 Å². The first-order chi connectivity index (χ1) is 10.6. The van der Waals surface area contributed by atoms with Crippen molar-refractivity contribution in [1.82, 2.24) is 10.2 Å². The van der Waals surface area contributed by atoms with Gasteiger partial charge >= 0.3 is 0 Å². The first kappa shape index (κ1) is 15.8. The Morgan fingerprint density at radius 2 is 1.91 bits per heavy atom. The predicted octanol–water partition coefficient (Wildman–Crippen LogP) is 2.45. The Hall–Kier alpha value is -2.56. The highest BCUT2D eigenvalue weighted by atomic mass is 16.3. The van der Waals surface area contributed by atoms with Crippen molar-refractivity contribution >= 4 is 11.8 Å². The highest BCUT2D eigenvalue weighted by Crippen LogP contribution is 2.10. The summed E-state index contributed by atoms with van der Waals surface area (Å²) in [5.41, 5.74) is 1.41. The van der Waals surface area contributed by atoms with Crippen molar-refractivity contribution in [3.8, 4) is 0 Å². The quantitative estimate of drug-likeness (QED) is 0.891. The van der Waals surface area contributed by atoms with Gasteiger partial charge in [-0.15, -0.1) is 0 Å². The molecule has 0 saturated heterocycles. The lowest BCUT2D eigenvalue weighted by Gasteiger charge is -2.22. The second kappa shape index (κ2) is 7.45. The minimum atomic E-state index is -0.225. The molecule has 0 fully saturated rings. The zero-order valence-electron chi connectivity index (χ0n) is 12.8. The Morgan fingerprint density at radius 3 is 2.50 bits per heavy atom. The van der Waals surface area contributed by atoms with Gasteiger partial charge in [-0.2, -0.15) is 0 Å². The fraction of sp³-hybridized carbons (Fsp3) is 0.294. The van der Waals surface area contributed by atoms with E-state index in [0.717, 1.165) is 5.56 Å². The molecule has 0 aliphatic heterocycles. The van der Waals surface area contributed by atoms with E-state index in [1.807, 2.05) is 44.2 Å². The molecule has 0 spiro atoms. The number of hydrogen-bond donors (Lipinski definition) is 1. The van der Waals surface area contributed by atoms with Crippen molar-refractivity contribution in [2.24, 2.45) is 0 Å². The van der Waals surface area contributed by atoms with E-state index in [9.17, 15) is 9.59 Å². The third-order valence-corrected chi connectivity index (χ3v) is 3.06. The fourth-order valence-electron chi connectivity index (χ4n) is 2.11. The molecule has 0 atom stereocenters. The van der Waals surface area contributed by atoms with Gasteiger partial charge in [-0.05, 0) is 25.5 Å². The maximum atomic E-state index is 12.5. The van der Waals surface area contributed by atoms with Gasteiger partial charge in [0.05, 0.1) is 11.8 Å². The molecule has 1 heterocycles. The number of benzene rings is 1. The minimum absolute atomic E-state index is 0.0110. The number of carbonyl (C=O) groups excluding carboxylic acids is 2. The minimum Gasteiger partial charge on any atom is -0.472 e. The fourth-order valence-corrected chi connectivity index (χ4v) is 2.11. The first-order valence-corrected chi connectivity index (χ1v) is 7.21. The van der Waals surface area contributed by atoms with Crippen molar-refractivity contribution in [2.75, 3.05) is 6.54 Å². The Bertz CT molecular complexity index is 606. The highest BCUT2D eigenvalue weighted by Gasteiger charge is 2.20. The lowest BCUT2D eigenvalue weighted by atomic mass is 10.2. The van der Waals surface area contributed by atoms with Crippen molar-refractivity contribution in [2.45, 2.75) is 26.4 Å². The summed E-state index contributed by atoms with van der Waals surface area (Å²) in [6.45, 7) is 4.15. The normalized spacial score (nSPS) is 10.5. The van der Waals surface area contributed by atoms with Crippen LogP contribution in [0.3, 0.4) is 0 Å². The Balaban J connectivity index is 2.13. The zero-order chi connectivity index (χ0) is 15.9. The van der Waals surface area contributed by atoms with Gasteiger partial charge in [0.15, 0.2) is 0 Å². The number of nitrogens with zero attached hydrogens (tertiary/aromatic N) is 1. The molecule has 116 valence electrons. The van der Waals surface area contributed by atoms with Crippen LogP contribution in [0.2, 0.25) is 0 Å². The molecule has 5 heteroatoms. The number of hydrogen-bond acceptors (Lipinski definition) is 3. The molecule has 0 radical (unpaired) electrons. The molecule has 5 nitrogen and oxygen atoms in total. The monoisotopic (exact) mass is 300 g/mol. The Kier molecular flexibility index (Phi) is 5.36. The SMILES string of the molecule is CC(C)NC(=O)CN(Cc1ccccc1)C(=O)c1ccoc1. The van der Waals surface area contributed by atoms with Gasteiger partial charge in [0.2, 0.25) is 5.91 Å². The molecule has 22 heavy (non-hydrogen) atoms. The van der Waals surface area contributed by atoms with Gasteiger partial charge in [0.25, 0.3) is 5.91 Å². The van der Waals surface area contributed by atoms with Gasteiger partial charge in [-0.25, -0.2) is 0 Å². The Labute approximate surface area is 129 Å². The third kappa shape index (κ3) is 4.48. The molecule has 0 aliphatic rings. The van der Waals surface area contributed by atoms with E-state index in [0.29, 0.717) is 12.1 Å². The largest absolute Gasteiger partial charge is 0.472 e. The van der Waals surface area contributed by atoms with Gasteiger partial charge < -0.3 is 14.6 Å². The van der Waals surface area contributed by atoms with Crippen LogP contribution in [0.15, 0.2) is 53.3 Å². The van der Waals surface area contributed by atoms with Crippen LogP contribution in [-0.2, 0) is 11.3 Å². The average molecular weight is 300 g/mol. The molecule has 1 aromatic heterocycles. The number of amides is 2. The van der Waals surface area contributed by atoms with Crippen molar-refractivity contribution in [3.63, 3.8) is 0 Å². The van der Waals surface area contributed by atoms with Crippen molar-refractivity contribution in [1.29, 1.82) is 0 Å². The van der Waals surface area contributed by atoms with Gasteiger partial charge in [-0.1, -0.05) is 30.3 Å². The van der Waals surface area contributed by atoms with Gasteiger partial charge in [-0.3, -0.25) is 9.59 Å². The second-order valence-corrected chi connectivity index (χ2v) is 5.38. The molecule has 2 rings (SSSR count). The van der Waals surface area contributed by atoms with E-state index in [1.165, 1.54) is 17.4 Å². The first-order valence-electron chi connectivity index (χ1n) is 7.21. The molecule has 0 saturated carbocycles. The van der Waals surface area contributed by atoms with Crippen molar-refractivity contribution in [3.05, 3.63) is 60.1 Å². The predicted molar refractivity (Wildman–Crippen MR) is 83.2 cm³/mol. The summed E-state index contributed by atoms with van der Waals surface area (Å²) in [5.74, 6) is -0.403. The standard InChI is InChI=1S/C17H20N2O3/c1-13(2)18-16(20)11-19(10-14-6-4-3-5-7-14)17(21)15-8-9-22-12-15/h3-9,12-13H,10-11H2,1-2H3,(H,18,20). The number of nitrogens with one attached hydrogen (secondary N) is 1. The summed E-state index contributed by atoms with van der Waals surface area (Å²) in [6.07, 6.45) is 2.84. The molecule has 2 amide bonds. The van der Waals surface area contributed by atoms with E-state index in [1.54, 1.807) is 6.07 Å². The molecular weight excluding hydrogens is 280 g/mol. The molecule has 2 aromatic rings. The second-order valence-electron chi connectivity index (χ2n) is 5.38. The lowest BCUT2D eigenvalue weighted by molar-refractivity contribution is -0.122. The van der Waals surface area contributed by atoms with E-state index in [2.05, 4.69) is 5.32 Å². The van der Waals surface area contributed by atoms with Crippen LogP contribution < -0.4 is 5.32 Å². The summed E-state index contributed by atoms with van der Waals surface area (Å²) < 4.78 is 4.96. The van der Waals surface area contributed by atoms with Gasteiger partial charge in [0.1, 0.15) is 12.8 Å². The topological polar surface area (TPSA) is 62.6 Å². The van der Waals surface area contributed by atoms with E-state index >= 15 is 0 Å². The van der Waals surface area contributed by atoms with Crippen LogP contribution in [0.4, 0.5) is 0 Å². The van der Waals surface area contributed by atoms with Crippen LogP contribution >= 0.6 is 0 Å².